The molecule has 0 radical (unpaired) electrons. The smallest absolute Gasteiger partial charge is 0.292 e. The first-order valence-corrected chi connectivity index (χ1v) is 6.88. The number of likely N-dealkylation sites (N-methyl/N-ethyl adjacent to an activating group) is 1. The molecule has 1 amide bonds. The average molecular weight is 269 g/mol. The van der Waals surface area contributed by atoms with Gasteiger partial charge in [0.15, 0.2) is 12.4 Å². The van der Waals surface area contributed by atoms with Crippen molar-refractivity contribution in [1.29, 1.82) is 0 Å². The van der Waals surface area contributed by atoms with Gasteiger partial charge in [-0.25, -0.2) is 0 Å². The van der Waals surface area contributed by atoms with E-state index in [0.29, 0.717) is 12.5 Å². The van der Waals surface area contributed by atoms with Crippen LogP contribution in [0, 0.1) is 0 Å². The molecule has 0 aliphatic carbocycles. The lowest BCUT2D eigenvalue weighted by atomic mass is 10.1. The Balaban J connectivity index is 2.04. The van der Waals surface area contributed by atoms with Gasteiger partial charge >= 0.3 is 0 Å². The molecule has 0 aliphatic rings. The third kappa shape index (κ3) is 3.44. The number of para-hydroxylation sites is 1. The molecule has 2 aromatic rings. The van der Waals surface area contributed by atoms with Crippen molar-refractivity contribution in [3.63, 3.8) is 0 Å². The zero-order chi connectivity index (χ0) is 14.5. The van der Waals surface area contributed by atoms with Crippen LogP contribution in [0.4, 0.5) is 5.69 Å². The van der Waals surface area contributed by atoms with Gasteiger partial charge in [0.25, 0.3) is 5.91 Å². The fraction of sp³-hybridized carbons (Fsp3) is 0.294. The Bertz CT molecular complexity index is 561. The minimum Gasteiger partial charge on any atom is -0.310 e. The van der Waals surface area contributed by atoms with Gasteiger partial charge in [-0.2, -0.15) is 4.57 Å². The van der Waals surface area contributed by atoms with E-state index in [1.54, 1.807) is 11.9 Å². The summed E-state index contributed by atoms with van der Waals surface area (Å²) in [5, 5.41) is 0. The number of amides is 1. The van der Waals surface area contributed by atoms with Crippen LogP contribution in [0.5, 0.6) is 0 Å². The summed E-state index contributed by atoms with van der Waals surface area (Å²) >= 11 is 0. The molecule has 0 aliphatic heterocycles. The molecule has 0 fully saturated rings. The third-order valence-electron chi connectivity index (χ3n) is 3.42. The Hall–Kier alpha value is -2.16. The van der Waals surface area contributed by atoms with Crippen molar-refractivity contribution in [1.82, 2.24) is 0 Å². The number of carbonyl (C=O) groups excluding carboxylic acids is 1. The van der Waals surface area contributed by atoms with Gasteiger partial charge in [0, 0.05) is 24.9 Å². The van der Waals surface area contributed by atoms with Gasteiger partial charge in [-0.15, -0.1) is 0 Å². The summed E-state index contributed by atoms with van der Waals surface area (Å²) in [6.45, 7) is 4.67. The van der Waals surface area contributed by atoms with Crippen LogP contribution in [-0.4, -0.2) is 13.0 Å². The highest BCUT2D eigenvalue weighted by atomic mass is 16.2. The number of hydrogen-bond donors (Lipinski definition) is 0. The SMILES string of the molecule is CC(C)c1cc[n+](CC(=O)N(C)c2ccccc2)cc1. The third-order valence-corrected chi connectivity index (χ3v) is 3.42. The largest absolute Gasteiger partial charge is 0.310 e. The van der Waals surface area contributed by atoms with Gasteiger partial charge in [0.1, 0.15) is 0 Å². The first-order chi connectivity index (χ1) is 9.58. The van der Waals surface area contributed by atoms with Crippen molar-refractivity contribution >= 4 is 11.6 Å². The molecule has 0 spiro atoms. The van der Waals surface area contributed by atoms with E-state index in [0.717, 1.165) is 5.69 Å². The van der Waals surface area contributed by atoms with Crippen LogP contribution >= 0.6 is 0 Å². The summed E-state index contributed by atoms with van der Waals surface area (Å²) in [7, 11) is 1.81. The lowest BCUT2D eigenvalue weighted by molar-refractivity contribution is -0.684. The minimum atomic E-state index is 0.0681. The predicted octanol–water partition coefficient (Wildman–Crippen LogP) is 2.76. The van der Waals surface area contributed by atoms with Crippen LogP contribution in [0.2, 0.25) is 0 Å². The summed E-state index contributed by atoms with van der Waals surface area (Å²) in [6, 6.07) is 13.8. The monoisotopic (exact) mass is 269 g/mol. The molecule has 0 atom stereocenters. The molecule has 2 rings (SSSR count). The highest BCUT2D eigenvalue weighted by molar-refractivity contribution is 5.91. The quantitative estimate of drug-likeness (QED) is 0.783. The molecule has 0 unspecified atom stereocenters. The van der Waals surface area contributed by atoms with Gasteiger partial charge in [0.05, 0.1) is 0 Å². The summed E-state index contributed by atoms with van der Waals surface area (Å²) in [5.41, 5.74) is 2.20. The van der Waals surface area contributed by atoms with Crippen molar-refractivity contribution in [3.05, 3.63) is 60.4 Å². The fourth-order valence-electron chi connectivity index (χ4n) is 2.02. The first-order valence-electron chi connectivity index (χ1n) is 6.88. The van der Waals surface area contributed by atoms with E-state index in [9.17, 15) is 4.79 Å². The Morgan fingerprint density at radius 3 is 2.25 bits per heavy atom. The van der Waals surface area contributed by atoms with Gasteiger partial charge in [-0.05, 0) is 23.6 Å². The number of nitrogens with zero attached hydrogens (tertiary/aromatic N) is 2. The maximum absolute atomic E-state index is 12.2. The lowest BCUT2D eigenvalue weighted by Gasteiger charge is -2.15. The van der Waals surface area contributed by atoms with Gasteiger partial charge < -0.3 is 4.90 Å². The van der Waals surface area contributed by atoms with E-state index in [-0.39, 0.29) is 5.91 Å². The number of hydrogen-bond acceptors (Lipinski definition) is 1. The molecule has 104 valence electrons. The summed E-state index contributed by atoms with van der Waals surface area (Å²) in [6.07, 6.45) is 3.93. The maximum Gasteiger partial charge on any atom is 0.292 e. The standard InChI is InChI=1S/C17H21N2O/c1-14(2)15-9-11-19(12-10-15)13-17(20)18(3)16-7-5-4-6-8-16/h4-12,14H,13H2,1-3H3/q+1. The molecular weight excluding hydrogens is 248 g/mol. The van der Waals surface area contributed by atoms with Crippen LogP contribution in [0.3, 0.4) is 0 Å². The lowest BCUT2D eigenvalue weighted by Crippen LogP contribution is -2.43. The number of pyridine rings is 1. The first kappa shape index (κ1) is 14.3. The molecule has 0 bridgehead atoms. The van der Waals surface area contributed by atoms with Crippen LogP contribution in [0.25, 0.3) is 0 Å². The minimum absolute atomic E-state index is 0.0681. The Kier molecular flexibility index (Phi) is 4.51. The fourth-order valence-corrected chi connectivity index (χ4v) is 2.02. The van der Waals surface area contributed by atoms with E-state index < -0.39 is 0 Å². The topological polar surface area (TPSA) is 24.2 Å². The van der Waals surface area contributed by atoms with Crippen molar-refractivity contribution in [2.24, 2.45) is 0 Å². The van der Waals surface area contributed by atoms with Gasteiger partial charge in [-0.1, -0.05) is 32.0 Å². The second-order valence-corrected chi connectivity index (χ2v) is 5.25. The molecule has 0 saturated carbocycles. The molecule has 0 N–H and O–H groups in total. The molecular formula is C17H21N2O+. The van der Waals surface area contributed by atoms with Crippen molar-refractivity contribution in [3.8, 4) is 0 Å². The highest BCUT2D eigenvalue weighted by Crippen LogP contribution is 2.12. The molecule has 1 heterocycles. The molecule has 0 saturated heterocycles. The summed E-state index contributed by atoms with van der Waals surface area (Å²) in [5.74, 6) is 0.575. The Labute approximate surface area is 120 Å². The van der Waals surface area contributed by atoms with Crippen LogP contribution in [0.1, 0.15) is 25.3 Å². The predicted molar refractivity (Wildman–Crippen MR) is 80.6 cm³/mol. The van der Waals surface area contributed by atoms with Gasteiger partial charge in [-0.3, -0.25) is 4.79 Å². The van der Waals surface area contributed by atoms with Gasteiger partial charge in [0.2, 0.25) is 6.54 Å². The summed E-state index contributed by atoms with van der Waals surface area (Å²) < 4.78 is 1.91. The maximum atomic E-state index is 12.2. The van der Waals surface area contributed by atoms with E-state index >= 15 is 0 Å². The number of aromatic nitrogens is 1. The Morgan fingerprint density at radius 1 is 1.10 bits per heavy atom. The zero-order valence-corrected chi connectivity index (χ0v) is 12.3. The second-order valence-electron chi connectivity index (χ2n) is 5.25. The second kappa shape index (κ2) is 6.33. The van der Waals surface area contributed by atoms with Crippen LogP contribution in [-0.2, 0) is 11.3 Å². The molecule has 3 heteroatoms. The normalized spacial score (nSPS) is 10.6. The number of rotatable bonds is 4. The van der Waals surface area contributed by atoms with Crippen molar-refractivity contribution < 1.29 is 9.36 Å². The van der Waals surface area contributed by atoms with Crippen molar-refractivity contribution in [2.45, 2.75) is 26.3 Å². The number of anilines is 1. The van der Waals surface area contributed by atoms with Crippen LogP contribution < -0.4 is 9.47 Å². The average Bonchev–Trinajstić information content (AvgIpc) is 2.48. The molecule has 20 heavy (non-hydrogen) atoms. The molecule has 1 aromatic carbocycles. The van der Waals surface area contributed by atoms with E-state index in [4.69, 9.17) is 0 Å². The molecule has 3 nitrogen and oxygen atoms in total. The van der Waals surface area contributed by atoms with E-state index in [2.05, 4.69) is 26.0 Å². The highest BCUT2D eigenvalue weighted by Gasteiger charge is 2.15. The van der Waals surface area contributed by atoms with Crippen LogP contribution in [0.15, 0.2) is 54.9 Å². The molecule has 1 aromatic heterocycles. The van der Waals surface area contributed by atoms with E-state index in [1.807, 2.05) is 47.3 Å². The number of benzene rings is 1. The summed E-state index contributed by atoms with van der Waals surface area (Å²) in [4.78, 5) is 13.9. The zero-order valence-electron chi connectivity index (χ0n) is 12.3. The van der Waals surface area contributed by atoms with E-state index in [1.165, 1.54) is 5.56 Å². The van der Waals surface area contributed by atoms with Crippen molar-refractivity contribution in [2.75, 3.05) is 11.9 Å². The number of carbonyl (C=O) groups is 1. The Morgan fingerprint density at radius 2 is 1.70 bits per heavy atom.